The second kappa shape index (κ2) is 8.50. The lowest BCUT2D eigenvalue weighted by atomic mass is 10.0. The van der Waals surface area contributed by atoms with Gasteiger partial charge in [-0.25, -0.2) is 8.42 Å². The summed E-state index contributed by atoms with van der Waals surface area (Å²) >= 11 is 0. The van der Waals surface area contributed by atoms with Gasteiger partial charge in [0.25, 0.3) is 5.91 Å². The fourth-order valence-electron chi connectivity index (χ4n) is 3.39. The minimum atomic E-state index is -3.28. The van der Waals surface area contributed by atoms with E-state index in [2.05, 4.69) is 15.5 Å². The molecule has 4 rings (SSSR count). The summed E-state index contributed by atoms with van der Waals surface area (Å²) in [4.78, 5) is 13.0. The minimum absolute atomic E-state index is 0.0145. The molecule has 3 aromatic rings. The lowest BCUT2D eigenvalue weighted by Crippen LogP contribution is -2.29. The van der Waals surface area contributed by atoms with Gasteiger partial charge in [-0.05, 0) is 54.7 Å². The van der Waals surface area contributed by atoms with Crippen LogP contribution in [0, 0.1) is 5.92 Å². The first-order valence-corrected chi connectivity index (χ1v) is 11.9. The summed E-state index contributed by atoms with van der Waals surface area (Å²) in [5, 5.41) is 10.8. The van der Waals surface area contributed by atoms with Gasteiger partial charge in [0, 0.05) is 17.4 Å². The fourth-order valence-corrected chi connectivity index (χ4v) is 3.95. The van der Waals surface area contributed by atoms with E-state index in [1.807, 2.05) is 24.3 Å². The van der Waals surface area contributed by atoms with Crippen LogP contribution in [0.2, 0.25) is 0 Å². The van der Waals surface area contributed by atoms with Crippen molar-refractivity contribution in [2.75, 3.05) is 13.4 Å². The molecule has 0 saturated heterocycles. The molecule has 1 atom stereocenters. The normalized spacial score (nSPS) is 14.8. The second-order valence-corrected chi connectivity index (χ2v) is 9.85. The Kier molecular flexibility index (Phi) is 5.77. The number of amides is 1. The summed E-state index contributed by atoms with van der Waals surface area (Å²) in [7, 11) is -1.66. The van der Waals surface area contributed by atoms with Gasteiger partial charge in [0.1, 0.15) is 11.5 Å². The van der Waals surface area contributed by atoms with Crippen molar-refractivity contribution in [1.82, 2.24) is 15.5 Å². The summed E-state index contributed by atoms with van der Waals surface area (Å²) in [6, 6.07) is 14.5. The standard InChI is InChI=1S/C22H23N3O5S/c1-29-18-10-8-15(9-11-18)20(14-6-7-14)23-21(26)16-4-3-5-17(12-16)22-25-24-19(30-22)13-31(2,27)28/h3-5,8-12,14,20H,6-7,13H2,1-2H3,(H,23,26)/t20-/m1/s1. The van der Waals surface area contributed by atoms with Crippen molar-refractivity contribution in [3.8, 4) is 17.2 Å². The van der Waals surface area contributed by atoms with Gasteiger partial charge in [-0.3, -0.25) is 4.79 Å². The minimum Gasteiger partial charge on any atom is -0.497 e. The fraction of sp³-hybridized carbons (Fsp3) is 0.318. The molecule has 0 aliphatic heterocycles. The van der Waals surface area contributed by atoms with Gasteiger partial charge >= 0.3 is 0 Å². The molecule has 0 unspecified atom stereocenters. The van der Waals surface area contributed by atoms with Crippen LogP contribution in [0.15, 0.2) is 52.9 Å². The van der Waals surface area contributed by atoms with Crippen molar-refractivity contribution in [2.45, 2.75) is 24.6 Å². The lowest BCUT2D eigenvalue weighted by Gasteiger charge is -2.19. The number of sulfone groups is 1. The zero-order valence-electron chi connectivity index (χ0n) is 17.2. The van der Waals surface area contributed by atoms with Crippen LogP contribution in [0.5, 0.6) is 5.75 Å². The van der Waals surface area contributed by atoms with Crippen LogP contribution < -0.4 is 10.1 Å². The molecule has 8 nitrogen and oxygen atoms in total. The van der Waals surface area contributed by atoms with Gasteiger partial charge in [0.05, 0.1) is 13.2 Å². The number of hydrogen-bond acceptors (Lipinski definition) is 7. The molecule has 1 aromatic heterocycles. The molecule has 1 aliphatic carbocycles. The number of nitrogens with zero attached hydrogens (tertiary/aromatic N) is 2. The number of carbonyl (C=O) groups is 1. The maximum absolute atomic E-state index is 13.0. The predicted molar refractivity (Wildman–Crippen MR) is 114 cm³/mol. The van der Waals surface area contributed by atoms with Gasteiger partial charge in [0.15, 0.2) is 9.84 Å². The molecule has 2 aromatic carbocycles. The van der Waals surface area contributed by atoms with Gasteiger partial charge in [-0.2, -0.15) is 0 Å². The third-order valence-corrected chi connectivity index (χ3v) is 5.85. The van der Waals surface area contributed by atoms with Crippen molar-refractivity contribution in [3.63, 3.8) is 0 Å². The smallest absolute Gasteiger partial charge is 0.251 e. The Balaban J connectivity index is 1.52. The Bertz CT molecular complexity index is 1180. The van der Waals surface area contributed by atoms with Crippen LogP contribution in [0.25, 0.3) is 11.5 Å². The molecule has 0 bridgehead atoms. The quantitative estimate of drug-likeness (QED) is 0.571. The molecule has 1 fully saturated rings. The monoisotopic (exact) mass is 441 g/mol. The van der Waals surface area contributed by atoms with Crippen LogP contribution in [-0.4, -0.2) is 37.9 Å². The zero-order chi connectivity index (χ0) is 22.0. The number of carbonyl (C=O) groups excluding carboxylic acids is 1. The number of rotatable bonds is 8. The highest BCUT2D eigenvalue weighted by Crippen LogP contribution is 2.41. The molecular formula is C22H23N3O5S. The summed E-state index contributed by atoms with van der Waals surface area (Å²) in [6.07, 6.45) is 3.24. The van der Waals surface area contributed by atoms with Crippen LogP contribution in [0.3, 0.4) is 0 Å². The van der Waals surface area contributed by atoms with E-state index < -0.39 is 9.84 Å². The number of ether oxygens (including phenoxy) is 1. The molecule has 0 radical (unpaired) electrons. The molecule has 1 saturated carbocycles. The van der Waals surface area contributed by atoms with E-state index in [4.69, 9.17) is 9.15 Å². The Morgan fingerprint density at radius 2 is 1.94 bits per heavy atom. The maximum atomic E-state index is 13.0. The molecule has 9 heteroatoms. The second-order valence-electron chi connectivity index (χ2n) is 7.71. The maximum Gasteiger partial charge on any atom is 0.251 e. The van der Waals surface area contributed by atoms with Crippen LogP contribution >= 0.6 is 0 Å². The molecule has 1 heterocycles. The highest BCUT2D eigenvalue weighted by atomic mass is 32.2. The average molecular weight is 442 g/mol. The molecule has 1 amide bonds. The Hall–Kier alpha value is -3.20. The first-order valence-electron chi connectivity index (χ1n) is 9.88. The van der Waals surface area contributed by atoms with E-state index >= 15 is 0 Å². The Labute approximate surface area is 180 Å². The van der Waals surface area contributed by atoms with Crippen molar-refractivity contribution in [3.05, 3.63) is 65.5 Å². The van der Waals surface area contributed by atoms with E-state index in [1.54, 1.807) is 31.4 Å². The molecule has 31 heavy (non-hydrogen) atoms. The molecular weight excluding hydrogens is 418 g/mol. The van der Waals surface area contributed by atoms with E-state index in [-0.39, 0.29) is 29.5 Å². The SMILES string of the molecule is COc1ccc([C@H](NC(=O)c2cccc(-c3nnc(CS(C)(=O)=O)o3)c2)C2CC2)cc1. The Morgan fingerprint density at radius 1 is 1.19 bits per heavy atom. The van der Waals surface area contributed by atoms with E-state index in [0.29, 0.717) is 17.0 Å². The summed E-state index contributed by atoms with van der Waals surface area (Å²) in [5.74, 6) is 0.834. The number of nitrogens with one attached hydrogen (secondary N) is 1. The van der Waals surface area contributed by atoms with Crippen molar-refractivity contribution in [2.24, 2.45) is 5.92 Å². The highest BCUT2D eigenvalue weighted by molar-refractivity contribution is 7.89. The first kappa shape index (κ1) is 21.0. The summed E-state index contributed by atoms with van der Waals surface area (Å²) < 4.78 is 33.5. The Morgan fingerprint density at radius 3 is 2.58 bits per heavy atom. The van der Waals surface area contributed by atoms with Crippen molar-refractivity contribution in [1.29, 1.82) is 0 Å². The third-order valence-electron chi connectivity index (χ3n) is 5.08. The number of aromatic nitrogens is 2. The zero-order valence-corrected chi connectivity index (χ0v) is 18.1. The van der Waals surface area contributed by atoms with E-state index in [1.165, 1.54) is 0 Å². The van der Waals surface area contributed by atoms with E-state index in [0.717, 1.165) is 30.4 Å². The van der Waals surface area contributed by atoms with Gasteiger partial charge in [0.2, 0.25) is 11.8 Å². The highest BCUT2D eigenvalue weighted by Gasteiger charge is 2.33. The van der Waals surface area contributed by atoms with Crippen LogP contribution in [0.1, 0.15) is 40.7 Å². The van der Waals surface area contributed by atoms with Gasteiger partial charge < -0.3 is 14.5 Å². The number of methoxy groups -OCH3 is 1. The topological polar surface area (TPSA) is 111 Å². The number of hydrogen-bond donors (Lipinski definition) is 1. The average Bonchev–Trinajstić information content (AvgIpc) is 3.49. The van der Waals surface area contributed by atoms with Gasteiger partial charge in [-0.1, -0.05) is 18.2 Å². The van der Waals surface area contributed by atoms with Crippen molar-refractivity contribution < 1.29 is 22.4 Å². The summed E-state index contributed by atoms with van der Waals surface area (Å²) in [6.45, 7) is 0. The third kappa shape index (κ3) is 5.29. The van der Waals surface area contributed by atoms with Gasteiger partial charge in [-0.15, -0.1) is 10.2 Å². The molecule has 1 aliphatic rings. The van der Waals surface area contributed by atoms with Crippen molar-refractivity contribution >= 4 is 15.7 Å². The largest absolute Gasteiger partial charge is 0.497 e. The van der Waals surface area contributed by atoms with Crippen LogP contribution in [-0.2, 0) is 15.6 Å². The number of benzene rings is 2. The predicted octanol–water partition coefficient (Wildman–Crippen LogP) is 3.17. The first-order chi connectivity index (χ1) is 14.8. The van der Waals surface area contributed by atoms with Crippen LogP contribution in [0.4, 0.5) is 0 Å². The van der Waals surface area contributed by atoms with E-state index in [9.17, 15) is 13.2 Å². The lowest BCUT2D eigenvalue weighted by molar-refractivity contribution is 0.0931. The molecule has 1 N–H and O–H groups in total. The molecule has 0 spiro atoms. The summed E-state index contributed by atoms with van der Waals surface area (Å²) in [5.41, 5.74) is 2.04. The molecule has 162 valence electrons.